The molecule has 0 bridgehead atoms. The van der Waals surface area contributed by atoms with Gasteiger partial charge in [0.25, 0.3) is 0 Å². The topological polar surface area (TPSA) is 46.2 Å². The van der Waals surface area contributed by atoms with Crippen LogP contribution in [0.1, 0.15) is 42.9 Å². The van der Waals surface area contributed by atoms with Crippen LogP contribution in [0.15, 0.2) is 16.6 Å². The van der Waals surface area contributed by atoms with Crippen molar-refractivity contribution in [1.29, 1.82) is 0 Å². The molecule has 1 aromatic rings. The quantitative estimate of drug-likeness (QED) is 0.870. The zero-order valence-electron chi connectivity index (χ0n) is 9.54. The largest absolute Gasteiger partial charge is 0.507 e. The first-order valence-corrected chi connectivity index (χ1v) is 6.63. The molecule has 3 N–H and O–H groups in total. The van der Waals surface area contributed by atoms with Crippen LogP contribution in [0.4, 0.5) is 0 Å². The summed E-state index contributed by atoms with van der Waals surface area (Å²) in [5.74, 6) is 0.891. The van der Waals surface area contributed by atoms with E-state index in [0.29, 0.717) is 11.7 Å². The predicted octanol–water partition coefficient (Wildman–Crippen LogP) is 3.65. The van der Waals surface area contributed by atoms with Crippen LogP contribution in [0.3, 0.4) is 0 Å². The van der Waals surface area contributed by atoms with Gasteiger partial charge in [0, 0.05) is 16.1 Å². The summed E-state index contributed by atoms with van der Waals surface area (Å²) in [6.07, 6.45) is 4.91. The molecule has 1 fully saturated rings. The molecule has 1 atom stereocenters. The van der Waals surface area contributed by atoms with Crippen molar-refractivity contribution in [3.63, 3.8) is 0 Å². The lowest BCUT2D eigenvalue weighted by atomic mass is 9.91. The summed E-state index contributed by atoms with van der Waals surface area (Å²) in [6.45, 7) is 1.91. The minimum atomic E-state index is -0.0290. The fourth-order valence-electron chi connectivity index (χ4n) is 2.59. The second-order valence-corrected chi connectivity index (χ2v) is 5.65. The second kappa shape index (κ2) is 4.76. The van der Waals surface area contributed by atoms with Crippen molar-refractivity contribution in [1.82, 2.24) is 0 Å². The number of nitrogens with two attached hydrogens (primary N) is 1. The van der Waals surface area contributed by atoms with Crippen LogP contribution in [0.5, 0.6) is 5.75 Å². The zero-order valence-corrected chi connectivity index (χ0v) is 11.1. The molecule has 0 aliphatic heterocycles. The maximum atomic E-state index is 10.1. The van der Waals surface area contributed by atoms with Gasteiger partial charge in [0.15, 0.2) is 0 Å². The van der Waals surface area contributed by atoms with E-state index in [1.807, 2.05) is 19.1 Å². The van der Waals surface area contributed by atoms with Gasteiger partial charge in [0.1, 0.15) is 5.75 Å². The Balaban J connectivity index is 2.31. The normalized spacial score (nSPS) is 18.9. The molecule has 0 unspecified atom stereocenters. The van der Waals surface area contributed by atoms with E-state index in [2.05, 4.69) is 15.9 Å². The van der Waals surface area contributed by atoms with Gasteiger partial charge in [-0.2, -0.15) is 0 Å². The van der Waals surface area contributed by atoms with Crippen LogP contribution in [0, 0.1) is 12.8 Å². The number of hydrogen-bond donors (Lipinski definition) is 2. The third-order valence-electron chi connectivity index (χ3n) is 3.56. The summed E-state index contributed by atoms with van der Waals surface area (Å²) in [5.41, 5.74) is 8.03. The van der Waals surface area contributed by atoms with E-state index in [4.69, 9.17) is 5.73 Å². The summed E-state index contributed by atoms with van der Waals surface area (Å²) in [4.78, 5) is 0. The fraction of sp³-hybridized carbons (Fsp3) is 0.538. The second-order valence-electron chi connectivity index (χ2n) is 4.73. The van der Waals surface area contributed by atoms with Crippen molar-refractivity contribution in [2.24, 2.45) is 11.7 Å². The van der Waals surface area contributed by atoms with Gasteiger partial charge < -0.3 is 10.8 Å². The highest BCUT2D eigenvalue weighted by atomic mass is 79.9. The number of benzene rings is 1. The van der Waals surface area contributed by atoms with Crippen molar-refractivity contribution in [3.05, 3.63) is 27.7 Å². The molecule has 1 aliphatic rings. The summed E-state index contributed by atoms with van der Waals surface area (Å²) in [5, 5.41) is 10.1. The van der Waals surface area contributed by atoms with Crippen molar-refractivity contribution >= 4 is 15.9 Å². The van der Waals surface area contributed by atoms with E-state index in [0.717, 1.165) is 15.6 Å². The standard InChI is InChI=1S/C13H18BrNO/c1-8-6-10(14)7-11(13(8)16)12(15)9-4-2-3-5-9/h6-7,9,12,16H,2-5,15H2,1H3/t12-/m0/s1. The first-order valence-electron chi connectivity index (χ1n) is 5.84. The number of phenols is 1. The van der Waals surface area contributed by atoms with E-state index < -0.39 is 0 Å². The number of hydrogen-bond acceptors (Lipinski definition) is 2. The number of aryl methyl sites for hydroxylation is 1. The van der Waals surface area contributed by atoms with Crippen LogP contribution in [0.25, 0.3) is 0 Å². The highest BCUT2D eigenvalue weighted by Gasteiger charge is 2.25. The molecule has 2 rings (SSSR count). The lowest BCUT2D eigenvalue weighted by molar-refractivity contribution is 0.410. The molecular formula is C13H18BrNO. The summed E-state index contributed by atoms with van der Waals surface area (Å²) in [6, 6.07) is 3.84. The Bertz CT molecular complexity index is 386. The average molecular weight is 284 g/mol. The van der Waals surface area contributed by atoms with Crippen molar-refractivity contribution in [2.75, 3.05) is 0 Å². The van der Waals surface area contributed by atoms with Crippen molar-refractivity contribution in [2.45, 2.75) is 38.6 Å². The number of aromatic hydroxyl groups is 1. The fourth-order valence-corrected chi connectivity index (χ4v) is 3.18. The van der Waals surface area contributed by atoms with Crippen LogP contribution in [0.2, 0.25) is 0 Å². The molecule has 1 aliphatic carbocycles. The molecule has 1 aromatic carbocycles. The Labute approximate surface area is 105 Å². The number of rotatable bonds is 2. The van der Waals surface area contributed by atoms with Gasteiger partial charge in [-0.05, 0) is 43.4 Å². The van der Waals surface area contributed by atoms with Crippen molar-refractivity contribution in [3.8, 4) is 5.75 Å². The average Bonchev–Trinajstić information content (AvgIpc) is 2.75. The lowest BCUT2D eigenvalue weighted by Gasteiger charge is -2.21. The highest BCUT2D eigenvalue weighted by Crippen LogP contribution is 2.39. The first-order chi connectivity index (χ1) is 7.59. The molecule has 0 radical (unpaired) electrons. The Kier molecular flexibility index (Phi) is 3.55. The van der Waals surface area contributed by atoms with E-state index in [1.165, 1.54) is 25.7 Å². The van der Waals surface area contributed by atoms with Gasteiger partial charge in [-0.15, -0.1) is 0 Å². The molecular weight excluding hydrogens is 266 g/mol. The molecule has 1 saturated carbocycles. The smallest absolute Gasteiger partial charge is 0.123 e. The monoisotopic (exact) mass is 283 g/mol. The van der Waals surface area contributed by atoms with E-state index in [9.17, 15) is 5.11 Å². The molecule has 2 nitrogen and oxygen atoms in total. The molecule has 0 saturated heterocycles. The van der Waals surface area contributed by atoms with Gasteiger partial charge in [0.2, 0.25) is 0 Å². The minimum absolute atomic E-state index is 0.0290. The van der Waals surface area contributed by atoms with E-state index >= 15 is 0 Å². The van der Waals surface area contributed by atoms with Crippen LogP contribution >= 0.6 is 15.9 Å². The Morgan fingerprint density at radius 1 is 1.38 bits per heavy atom. The third kappa shape index (κ3) is 2.25. The summed E-state index contributed by atoms with van der Waals surface area (Å²) < 4.78 is 0.992. The third-order valence-corrected chi connectivity index (χ3v) is 4.02. The SMILES string of the molecule is Cc1cc(Br)cc([C@@H](N)C2CCCC2)c1O. The molecule has 0 spiro atoms. The van der Waals surface area contributed by atoms with E-state index in [1.54, 1.807) is 0 Å². The maximum Gasteiger partial charge on any atom is 0.123 e. The predicted molar refractivity (Wildman–Crippen MR) is 69.4 cm³/mol. The van der Waals surface area contributed by atoms with Gasteiger partial charge in [-0.3, -0.25) is 0 Å². The molecule has 0 heterocycles. The Morgan fingerprint density at radius 2 is 2.00 bits per heavy atom. The van der Waals surface area contributed by atoms with Crippen LogP contribution < -0.4 is 5.73 Å². The van der Waals surface area contributed by atoms with E-state index in [-0.39, 0.29) is 6.04 Å². The molecule has 0 amide bonds. The molecule has 0 aromatic heterocycles. The van der Waals surface area contributed by atoms with Gasteiger partial charge in [0.05, 0.1) is 0 Å². The van der Waals surface area contributed by atoms with Crippen molar-refractivity contribution < 1.29 is 5.11 Å². The maximum absolute atomic E-state index is 10.1. The van der Waals surface area contributed by atoms with Gasteiger partial charge in [-0.25, -0.2) is 0 Å². The summed E-state index contributed by atoms with van der Waals surface area (Å²) in [7, 11) is 0. The Hall–Kier alpha value is -0.540. The highest BCUT2D eigenvalue weighted by molar-refractivity contribution is 9.10. The molecule has 16 heavy (non-hydrogen) atoms. The summed E-state index contributed by atoms with van der Waals surface area (Å²) >= 11 is 3.46. The van der Waals surface area contributed by atoms with Gasteiger partial charge >= 0.3 is 0 Å². The molecule has 3 heteroatoms. The first kappa shape index (κ1) is 11.9. The number of halogens is 1. The minimum Gasteiger partial charge on any atom is -0.507 e. The van der Waals surface area contributed by atoms with Gasteiger partial charge in [-0.1, -0.05) is 28.8 Å². The van der Waals surface area contributed by atoms with Crippen LogP contribution in [-0.4, -0.2) is 5.11 Å². The number of phenolic OH excluding ortho intramolecular Hbond substituents is 1. The zero-order chi connectivity index (χ0) is 11.7. The lowest BCUT2D eigenvalue weighted by Crippen LogP contribution is -2.19. The van der Waals surface area contributed by atoms with Crippen LogP contribution in [-0.2, 0) is 0 Å². The Morgan fingerprint density at radius 3 is 2.62 bits per heavy atom. The molecule has 88 valence electrons.